The molecule has 2 heterocycles. The second kappa shape index (κ2) is 3.15. The SMILES string of the molecule is IC1CCNC2=CSSC21. The maximum atomic E-state index is 3.43. The van der Waals surface area contributed by atoms with Gasteiger partial charge in [-0.2, -0.15) is 0 Å². The van der Waals surface area contributed by atoms with Gasteiger partial charge in [-0.3, -0.25) is 0 Å². The summed E-state index contributed by atoms with van der Waals surface area (Å²) in [5.41, 5.74) is 1.46. The Kier molecular flexibility index (Phi) is 2.39. The predicted octanol–water partition coefficient (Wildman–Crippen LogP) is 2.39. The second-order valence-corrected chi connectivity index (χ2v) is 6.30. The molecule has 0 aromatic carbocycles. The zero-order valence-corrected chi connectivity index (χ0v) is 9.13. The number of piperidine rings is 1. The van der Waals surface area contributed by atoms with Crippen molar-refractivity contribution in [2.75, 3.05) is 6.54 Å². The van der Waals surface area contributed by atoms with Crippen LogP contribution in [0.3, 0.4) is 0 Å². The molecule has 2 atom stereocenters. The Hall–Kier alpha value is 0.970. The number of hydrogen-bond acceptors (Lipinski definition) is 3. The fourth-order valence-electron chi connectivity index (χ4n) is 1.16. The number of halogens is 1. The topological polar surface area (TPSA) is 12.0 Å². The van der Waals surface area contributed by atoms with Crippen LogP contribution >= 0.6 is 44.2 Å². The van der Waals surface area contributed by atoms with Gasteiger partial charge < -0.3 is 5.32 Å². The first-order valence-corrected chi connectivity index (χ1v) is 6.80. The van der Waals surface area contributed by atoms with E-state index in [1.165, 1.54) is 12.1 Å². The van der Waals surface area contributed by atoms with E-state index in [1.54, 1.807) is 0 Å². The molecule has 1 fully saturated rings. The molecule has 2 aliphatic heterocycles. The van der Waals surface area contributed by atoms with Gasteiger partial charge in [0, 0.05) is 21.6 Å². The molecule has 1 N–H and O–H groups in total. The lowest BCUT2D eigenvalue weighted by Crippen LogP contribution is -2.35. The lowest BCUT2D eigenvalue weighted by atomic mass is 10.1. The van der Waals surface area contributed by atoms with E-state index in [9.17, 15) is 0 Å². The van der Waals surface area contributed by atoms with Gasteiger partial charge in [-0.25, -0.2) is 0 Å². The minimum Gasteiger partial charge on any atom is -0.387 e. The van der Waals surface area contributed by atoms with Gasteiger partial charge in [-0.1, -0.05) is 44.2 Å². The molecule has 0 spiro atoms. The Bertz CT molecular complexity index is 171. The van der Waals surface area contributed by atoms with Gasteiger partial charge in [-0.15, -0.1) is 0 Å². The molecular formula is C6H8INS2. The lowest BCUT2D eigenvalue weighted by molar-refractivity contribution is 0.628. The number of nitrogens with one attached hydrogen (secondary N) is 1. The quantitative estimate of drug-likeness (QED) is 0.417. The maximum absolute atomic E-state index is 3.43. The van der Waals surface area contributed by atoms with E-state index in [-0.39, 0.29) is 0 Å². The van der Waals surface area contributed by atoms with Crippen molar-refractivity contribution >= 4 is 44.2 Å². The Morgan fingerprint density at radius 1 is 1.70 bits per heavy atom. The van der Waals surface area contributed by atoms with Crippen molar-refractivity contribution in [2.24, 2.45) is 0 Å². The van der Waals surface area contributed by atoms with Crippen LogP contribution in [-0.4, -0.2) is 15.7 Å². The molecule has 0 radical (unpaired) electrons. The molecule has 1 nitrogen and oxygen atoms in total. The highest BCUT2D eigenvalue weighted by atomic mass is 127. The number of rotatable bonds is 0. The molecule has 1 saturated heterocycles. The summed E-state index contributed by atoms with van der Waals surface area (Å²) in [6.45, 7) is 1.16. The van der Waals surface area contributed by atoms with Crippen LogP contribution in [0, 0.1) is 0 Å². The summed E-state index contributed by atoms with van der Waals surface area (Å²) in [6.07, 6.45) is 1.32. The fraction of sp³-hybridized carbons (Fsp3) is 0.667. The molecule has 56 valence electrons. The van der Waals surface area contributed by atoms with E-state index in [1.807, 2.05) is 21.6 Å². The van der Waals surface area contributed by atoms with E-state index in [4.69, 9.17) is 0 Å². The first-order chi connectivity index (χ1) is 4.88. The van der Waals surface area contributed by atoms with Crippen molar-refractivity contribution in [3.8, 4) is 0 Å². The molecule has 2 aliphatic rings. The van der Waals surface area contributed by atoms with Crippen LogP contribution in [-0.2, 0) is 0 Å². The van der Waals surface area contributed by atoms with Crippen LogP contribution < -0.4 is 5.32 Å². The zero-order chi connectivity index (χ0) is 6.97. The van der Waals surface area contributed by atoms with Gasteiger partial charge in [0.2, 0.25) is 0 Å². The third-order valence-corrected chi connectivity index (χ3v) is 6.04. The van der Waals surface area contributed by atoms with Gasteiger partial charge in [0.25, 0.3) is 0 Å². The number of hydrogen-bond donors (Lipinski definition) is 1. The minimum absolute atomic E-state index is 0.749. The second-order valence-electron chi connectivity index (χ2n) is 2.42. The Labute approximate surface area is 82.3 Å². The van der Waals surface area contributed by atoms with Crippen molar-refractivity contribution in [3.05, 3.63) is 11.1 Å². The Morgan fingerprint density at radius 2 is 2.60 bits per heavy atom. The van der Waals surface area contributed by atoms with E-state index >= 15 is 0 Å². The molecular weight excluding hydrogens is 277 g/mol. The minimum atomic E-state index is 0.749. The Morgan fingerprint density at radius 3 is 3.40 bits per heavy atom. The van der Waals surface area contributed by atoms with Crippen LogP contribution in [0.25, 0.3) is 0 Å². The molecule has 2 unspecified atom stereocenters. The third-order valence-electron chi connectivity index (χ3n) is 1.72. The highest BCUT2D eigenvalue weighted by molar-refractivity contribution is 14.1. The highest BCUT2D eigenvalue weighted by Gasteiger charge is 2.30. The van der Waals surface area contributed by atoms with Gasteiger partial charge in [0.15, 0.2) is 0 Å². The number of alkyl halides is 1. The van der Waals surface area contributed by atoms with Crippen molar-refractivity contribution in [1.82, 2.24) is 5.32 Å². The molecule has 0 saturated carbocycles. The van der Waals surface area contributed by atoms with Gasteiger partial charge in [0.1, 0.15) is 0 Å². The largest absolute Gasteiger partial charge is 0.387 e. The lowest BCUT2D eigenvalue weighted by Gasteiger charge is -2.26. The summed E-state index contributed by atoms with van der Waals surface area (Å²) >= 11 is 2.56. The summed E-state index contributed by atoms with van der Waals surface area (Å²) < 4.78 is 0.838. The molecule has 0 aromatic rings. The fourth-order valence-corrected chi connectivity index (χ4v) is 5.56. The van der Waals surface area contributed by atoms with Crippen molar-refractivity contribution in [2.45, 2.75) is 15.6 Å². The normalized spacial score (nSPS) is 38.3. The molecule has 0 amide bonds. The Balaban J connectivity index is 2.13. The first kappa shape index (κ1) is 7.61. The van der Waals surface area contributed by atoms with Crippen LogP contribution in [0.4, 0.5) is 0 Å². The zero-order valence-electron chi connectivity index (χ0n) is 5.34. The summed E-state index contributed by atoms with van der Waals surface area (Å²) in [4.78, 5) is 0. The van der Waals surface area contributed by atoms with E-state index in [0.717, 1.165) is 15.7 Å². The molecule has 0 aliphatic carbocycles. The molecule has 4 heteroatoms. The summed E-state index contributed by atoms with van der Waals surface area (Å²) in [5, 5.41) is 6.43. The molecule has 10 heavy (non-hydrogen) atoms. The smallest absolute Gasteiger partial charge is 0.0675 e. The number of fused-ring (bicyclic) bond motifs is 1. The summed E-state index contributed by atoms with van der Waals surface area (Å²) in [5.74, 6) is 0. The van der Waals surface area contributed by atoms with Crippen LogP contribution in [0.15, 0.2) is 11.1 Å². The van der Waals surface area contributed by atoms with Gasteiger partial charge in [0.05, 0.1) is 5.25 Å². The average molecular weight is 285 g/mol. The predicted molar refractivity (Wildman–Crippen MR) is 57.5 cm³/mol. The first-order valence-electron chi connectivity index (χ1n) is 3.28. The summed E-state index contributed by atoms with van der Waals surface area (Å²) in [7, 11) is 3.86. The molecule has 2 rings (SSSR count). The molecule has 0 bridgehead atoms. The van der Waals surface area contributed by atoms with Crippen LogP contribution in [0.5, 0.6) is 0 Å². The monoisotopic (exact) mass is 285 g/mol. The standard InChI is InChI=1S/C6H8INS2/c7-4-1-2-8-5-3-9-10-6(4)5/h3-4,6,8H,1-2H2. The van der Waals surface area contributed by atoms with Crippen LogP contribution in [0.1, 0.15) is 6.42 Å². The molecule has 0 aromatic heterocycles. The van der Waals surface area contributed by atoms with Crippen LogP contribution in [0.2, 0.25) is 0 Å². The van der Waals surface area contributed by atoms with E-state index < -0.39 is 0 Å². The summed E-state index contributed by atoms with van der Waals surface area (Å²) in [6, 6.07) is 0. The van der Waals surface area contributed by atoms with E-state index in [0.29, 0.717) is 0 Å². The maximum Gasteiger partial charge on any atom is 0.0675 e. The van der Waals surface area contributed by atoms with Crippen molar-refractivity contribution < 1.29 is 0 Å². The highest BCUT2D eigenvalue weighted by Crippen LogP contribution is 2.45. The van der Waals surface area contributed by atoms with E-state index in [2.05, 4.69) is 33.3 Å². The van der Waals surface area contributed by atoms with Gasteiger partial charge in [-0.05, 0) is 6.42 Å². The van der Waals surface area contributed by atoms with Crippen molar-refractivity contribution in [1.29, 1.82) is 0 Å². The van der Waals surface area contributed by atoms with Gasteiger partial charge >= 0.3 is 0 Å². The third kappa shape index (κ3) is 1.30. The van der Waals surface area contributed by atoms with Crippen molar-refractivity contribution in [3.63, 3.8) is 0 Å². The average Bonchev–Trinajstić information content (AvgIpc) is 2.36.